The Hall–Kier alpha value is -2.02. The molecule has 0 unspecified atom stereocenters. The molecule has 7 heteroatoms. The Balaban J connectivity index is 3.30. The molecule has 1 heterocycles. The molecule has 0 aromatic carbocycles. The third kappa shape index (κ3) is 5.56. The Morgan fingerprint density at radius 1 is 1.08 bits per heavy atom. The maximum atomic E-state index is 12.3. The summed E-state index contributed by atoms with van der Waals surface area (Å²) >= 11 is 0.901. The van der Waals surface area contributed by atoms with E-state index in [1.54, 1.807) is 20.8 Å². The molecule has 0 fully saturated rings. The van der Waals surface area contributed by atoms with Crippen LogP contribution >= 0.6 is 11.3 Å². The number of ether oxygens (including phenoxy) is 3. The van der Waals surface area contributed by atoms with Crippen molar-refractivity contribution in [2.45, 2.75) is 52.7 Å². The molecule has 24 heavy (non-hydrogen) atoms. The minimum atomic E-state index is -0.678. The maximum absolute atomic E-state index is 12.3. The summed E-state index contributed by atoms with van der Waals surface area (Å²) in [5.74, 6) is -1.09. The van der Waals surface area contributed by atoms with E-state index < -0.39 is 23.1 Å². The summed E-state index contributed by atoms with van der Waals surface area (Å²) in [6.45, 7) is 14.2. The minimum Gasteiger partial charge on any atom is -0.484 e. The first-order valence-corrected chi connectivity index (χ1v) is 8.30. The molecule has 0 aliphatic carbocycles. The number of nitrogen functional groups attached to an aromatic ring is 1. The highest BCUT2D eigenvalue weighted by Crippen LogP contribution is 2.41. The number of thiophene rings is 1. The van der Waals surface area contributed by atoms with Crippen LogP contribution in [0.1, 0.15) is 60.9 Å². The number of hydrogen-bond donors (Lipinski definition) is 1. The van der Waals surface area contributed by atoms with E-state index in [0.717, 1.165) is 11.3 Å². The van der Waals surface area contributed by atoms with Crippen LogP contribution in [0.4, 0.5) is 5.69 Å². The summed E-state index contributed by atoms with van der Waals surface area (Å²) in [5.41, 5.74) is 4.85. The van der Waals surface area contributed by atoms with Gasteiger partial charge in [0.15, 0.2) is 10.6 Å². The summed E-state index contributed by atoms with van der Waals surface area (Å²) < 4.78 is 16.2. The standard InChI is InChI=1S/C17H25NO5S/c1-8-9-21-14(19)13-11(22-16(2,3)4)10(18)12(24-13)15(20)23-17(5,6)7/h8H,1,9,18H2,2-7H3. The first-order valence-electron chi connectivity index (χ1n) is 7.48. The van der Waals surface area contributed by atoms with Crippen LogP contribution in [0.2, 0.25) is 0 Å². The van der Waals surface area contributed by atoms with Gasteiger partial charge in [0.2, 0.25) is 0 Å². The van der Waals surface area contributed by atoms with Crippen LogP contribution in [0.25, 0.3) is 0 Å². The molecule has 0 aliphatic heterocycles. The number of hydrogen-bond acceptors (Lipinski definition) is 7. The first kappa shape index (κ1) is 20.0. The van der Waals surface area contributed by atoms with E-state index in [2.05, 4.69) is 6.58 Å². The van der Waals surface area contributed by atoms with Crippen LogP contribution < -0.4 is 10.5 Å². The van der Waals surface area contributed by atoms with Gasteiger partial charge in [-0.1, -0.05) is 12.7 Å². The molecule has 0 spiro atoms. The second kappa shape index (κ2) is 7.25. The van der Waals surface area contributed by atoms with Crippen molar-refractivity contribution in [1.82, 2.24) is 0 Å². The van der Waals surface area contributed by atoms with Gasteiger partial charge in [-0.15, -0.1) is 11.3 Å². The largest absolute Gasteiger partial charge is 0.484 e. The fourth-order valence-corrected chi connectivity index (χ4v) is 2.57. The highest BCUT2D eigenvalue weighted by Gasteiger charge is 2.31. The third-order valence-corrected chi connectivity index (χ3v) is 3.56. The van der Waals surface area contributed by atoms with E-state index in [9.17, 15) is 9.59 Å². The van der Waals surface area contributed by atoms with Gasteiger partial charge in [-0.25, -0.2) is 9.59 Å². The van der Waals surface area contributed by atoms with Crippen LogP contribution in [0.3, 0.4) is 0 Å². The topological polar surface area (TPSA) is 87.9 Å². The van der Waals surface area contributed by atoms with Crippen molar-refractivity contribution >= 4 is 29.0 Å². The highest BCUT2D eigenvalue weighted by molar-refractivity contribution is 7.16. The van der Waals surface area contributed by atoms with E-state index in [1.165, 1.54) is 6.08 Å². The highest BCUT2D eigenvalue weighted by atomic mass is 32.1. The van der Waals surface area contributed by atoms with Gasteiger partial charge in [0, 0.05) is 0 Å². The number of carbonyl (C=O) groups is 2. The van der Waals surface area contributed by atoms with Gasteiger partial charge < -0.3 is 19.9 Å². The van der Waals surface area contributed by atoms with E-state index >= 15 is 0 Å². The first-order chi connectivity index (χ1) is 10.9. The van der Waals surface area contributed by atoms with Crippen molar-refractivity contribution in [3.8, 4) is 5.75 Å². The van der Waals surface area contributed by atoms with E-state index in [4.69, 9.17) is 19.9 Å². The van der Waals surface area contributed by atoms with Crippen LogP contribution in [-0.2, 0) is 9.47 Å². The number of rotatable bonds is 5. The molecule has 0 bridgehead atoms. The maximum Gasteiger partial charge on any atom is 0.352 e. The molecule has 0 saturated carbocycles. The lowest BCUT2D eigenvalue weighted by molar-refractivity contribution is 0.00755. The average molecular weight is 355 g/mol. The Bertz CT molecular complexity index is 635. The molecule has 6 nitrogen and oxygen atoms in total. The predicted molar refractivity (Wildman–Crippen MR) is 94.8 cm³/mol. The molecule has 2 N–H and O–H groups in total. The van der Waals surface area contributed by atoms with Crippen LogP contribution in [0, 0.1) is 0 Å². The monoisotopic (exact) mass is 355 g/mol. The van der Waals surface area contributed by atoms with Crippen molar-refractivity contribution in [2.75, 3.05) is 12.3 Å². The summed E-state index contributed by atoms with van der Waals surface area (Å²) in [7, 11) is 0. The quantitative estimate of drug-likeness (QED) is 0.638. The Kier molecular flexibility index (Phi) is 6.05. The molecule has 0 saturated heterocycles. The van der Waals surface area contributed by atoms with Gasteiger partial charge in [-0.05, 0) is 41.5 Å². The second-order valence-electron chi connectivity index (χ2n) is 7.11. The summed E-state index contributed by atoms with van der Waals surface area (Å²) in [4.78, 5) is 24.8. The molecule has 1 aromatic heterocycles. The number of carbonyl (C=O) groups excluding carboxylic acids is 2. The fraction of sp³-hybridized carbons (Fsp3) is 0.529. The van der Waals surface area contributed by atoms with Crippen molar-refractivity contribution in [3.63, 3.8) is 0 Å². The molecule has 134 valence electrons. The SMILES string of the molecule is C=CCOC(=O)c1sc(C(=O)OC(C)(C)C)c(N)c1OC(C)(C)C. The molecular weight excluding hydrogens is 330 g/mol. The van der Waals surface area contributed by atoms with Gasteiger partial charge in [0.25, 0.3) is 0 Å². The molecule has 0 radical (unpaired) electrons. The van der Waals surface area contributed by atoms with Crippen molar-refractivity contribution in [1.29, 1.82) is 0 Å². The Morgan fingerprint density at radius 2 is 1.67 bits per heavy atom. The normalized spacial score (nSPS) is 11.8. The van der Waals surface area contributed by atoms with E-state index in [-0.39, 0.29) is 27.8 Å². The number of esters is 2. The lowest BCUT2D eigenvalue weighted by Gasteiger charge is -2.22. The molecule has 1 rings (SSSR count). The molecule has 0 atom stereocenters. The molecule has 0 aliphatic rings. The molecular formula is C17H25NO5S. The average Bonchev–Trinajstić information content (AvgIpc) is 2.70. The Labute approximate surface area is 146 Å². The lowest BCUT2D eigenvalue weighted by atomic mass is 10.2. The van der Waals surface area contributed by atoms with Crippen LogP contribution in [0.15, 0.2) is 12.7 Å². The molecule has 1 aromatic rings. The van der Waals surface area contributed by atoms with Gasteiger partial charge in [0.05, 0.1) is 0 Å². The minimum absolute atomic E-state index is 0.0490. The zero-order valence-electron chi connectivity index (χ0n) is 15.0. The summed E-state index contributed by atoms with van der Waals surface area (Å²) in [6, 6.07) is 0. The van der Waals surface area contributed by atoms with Crippen LogP contribution in [-0.4, -0.2) is 29.7 Å². The van der Waals surface area contributed by atoms with Crippen LogP contribution in [0.5, 0.6) is 5.75 Å². The van der Waals surface area contributed by atoms with Gasteiger partial charge in [-0.3, -0.25) is 0 Å². The van der Waals surface area contributed by atoms with Crippen molar-refractivity contribution in [3.05, 3.63) is 22.4 Å². The van der Waals surface area contributed by atoms with E-state index in [1.807, 2.05) is 20.8 Å². The smallest absolute Gasteiger partial charge is 0.352 e. The summed E-state index contributed by atoms with van der Waals surface area (Å²) in [6.07, 6.45) is 1.45. The van der Waals surface area contributed by atoms with Crippen molar-refractivity contribution in [2.24, 2.45) is 0 Å². The lowest BCUT2D eigenvalue weighted by Crippen LogP contribution is -2.25. The Morgan fingerprint density at radius 3 is 2.12 bits per heavy atom. The fourth-order valence-electron chi connectivity index (χ4n) is 1.65. The van der Waals surface area contributed by atoms with Crippen molar-refractivity contribution < 1.29 is 23.8 Å². The zero-order valence-corrected chi connectivity index (χ0v) is 15.8. The summed E-state index contributed by atoms with van der Waals surface area (Å²) in [5, 5.41) is 0. The van der Waals surface area contributed by atoms with E-state index in [0.29, 0.717) is 0 Å². The van der Waals surface area contributed by atoms with Gasteiger partial charge >= 0.3 is 11.9 Å². The zero-order chi connectivity index (χ0) is 18.7. The second-order valence-corrected chi connectivity index (χ2v) is 8.13. The molecule has 0 amide bonds. The third-order valence-electron chi connectivity index (χ3n) is 2.41. The number of anilines is 1. The predicted octanol–water partition coefficient (Wildman–Crippen LogP) is 3.81. The van der Waals surface area contributed by atoms with Gasteiger partial charge in [-0.2, -0.15) is 0 Å². The number of nitrogens with two attached hydrogens (primary N) is 1. The van der Waals surface area contributed by atoms with Gasteiger partial charge in [0.1, 0.15) is 28.4 Å².